The predicted molar refractivity (Wildman–Crippen MR) is 48.9 cm³/mol. The third-order valence-electron chi connectivity index (χ3n) is 1.87. The monoisotopic (exact) mass is 159 g/mol. The average Bonchev–Trinajstić information content (AvgIpc) is 2.05. The molecule has 0 atom stereocenters. The highest BCUT2D eigenvalue weighted by molar-refractivity contribution is 4.60. The Morgan fingerprint density at radius 2 is 1.82 bits per heavy atom. The van der Waals surface area contributed by atoms with Crippen LogP contribution < -0.4 is 5.32 Å². The molecule has 0 radical (unpaired) electrons. The van der Waals surface area contributed by atoms with Crippen LogP contribution in [0.1, 0.15) is 33.6 Å². The van der Waals surface area contributed by atoms with Gasteiger partial charge in [-0.15, -0.1) is 0 Å². The van der Waals surface area contributed by atoms with E-state index in [1.165, 1.54) is 12.8 Å². The van der Waals surface area contributed by atoms with Gasteiger partial charge in [-0.3, -0.25) is 0 Å². The first-order valence-electron chi connectivity index (χ1n) is 4.66. The van der Waals surface area contributed by atoms with Gasteiger partial charge in [0, 0.05) is 19.2 Å². The zero-order valence-electron chi connectivity index (χ0n) is 8.02. The van der Waals surface area contributed by atoms with Gasteiger partial charge in [0.05, 0.1) is 6.61 Å². The first-order chi connectivity index (χ1) is 5.35. The van der Waals surface area contributed by atoms with Crippen molar-refractivity contribution in [3.05, 3.63) is 0 Å². The normalized spacial score (nSPS) is 10.9. The highest BCUT2D eigenvalue weighted by atomic mass is 16.5. The van der Waals surface area contributed by atoms with Crippen molar-refractivity contribution in [1.29, 1.82) is 0 Å². The maximum atomic E-state index is 5.21. The second-order valence-corrected chi connectivity index (χ2v) is 2.66. The third kappa shape index (κ3) is 6.32. The van der Waals surface area contributed by atoms with E-state index in [2.05, 4.69) is 19.2 Å². The van der Waals surface area contributed by atoms with Crippen LogP contribution in [0.2, 0.25) is 0 Å². The molecule has 0 aliphatic heterocycles. The molecule has 0 aliphatic carbocycles. The molecule has 0 fully saturated rings. The summed E-state index contributed by atoms with van der Waals surface area (Å²) in [7, 11) is 0. The molecule has 0 bridgehead atoms. The van der Waals surface area contributed by atoms with Gasteiger partial charge in [-0.1, -0.05) is 13.8 Å². The molecule has 0 spiro atoms. The SMILES string of the molecule is CCOCCNC(CC)CC. The molecule has 0 heterocycles. The van der Waals surface area contributed by atoms with Crippen LogP contribution in [0.5, 0.6) is 0 Å². The van der Waals surface area contributed by atoms with Crippen molar-refractivity contribution in [1.82, 2.24) is 5.32 Å². The summed E-state index contributed by atoms with van der Waals surface area (Å²) < 4.78 is 5.21. The number of hydrogen-bond acceptors (Lipinski definition) is 2. The predicted octanol–water partition coefficient (Wildman–Crippen LogP) is 1.80. The zero-order valence-corrected chi connectivity index (χ0v) is 8.02. The van der Waals surface area contributed by atoms with Crippen LogP contribution in [0.15, 0.2) is 0 Å². The molecule has 0 aromatic rings. The summed E-state index contributed by atoms with van der Waals surface area (Å²) in [5.41, 5.74) is 0. The van der Waals surface area contributed by atoms with E-state index in [-0.39, 0.29) is 0 Å². The Hall–Kier alpha value is -0.0800. The summed E-state index contributed by atoms with van der Waals surface area (Å²) in [4.78, 5) is 0. The molecule has 2 heteroatoms. The lowest BCUT2D eigenvalue weighted by Gasteiger charge is -2.13. The van der Waals surface area contributed by atoms with Crippen LogP contribution in [0.4, 0.5) is 0 Å². The topological polar surface area (TPSA) is 21.3 Å². The van der Waals surface area contributed by atoms with Crippen LogP contribution in [0.25, 0.3) is 0 Å². The molecule has 2 nitrogen and oxygen atoms in total. The minimum atomic E-state index is 0.676. The van der Waals surface area contributed by atoms with Gasteiger partial charge in [0.15, 0.2) is 0 Å². The summed E-state index contributed by atoms with van der Waals surface area (Å²) >= 11 is 0. The molecule has 0 amide bonds. The molecule has 0 unspecified atom stereocenters. The molecule has 1 N–H and O–H groups in total. The molecule has 0 saturated carbocycles. The standard InChI is InChI=1S/C9H21NO/c1-4-9(5-2)10-7-8-11-6-3/h9-10H,4-8H2,1-3H3. The van der Waals surface area contributed by atoms with Gasteiger partial charge in [-0.2, -0.15) is 0 Å². The number of rotatable bonds is 7. The summed E-state index contributed by atoms with van der Waals surface area (Å²) in [5, 5.41) is 3.43. The Balaban J connectivity index is 3.07. The Bertz CT molecular complexity index is 72.0. The van der Waals surface area contributed by atoms with Crippen molar-refractivity contribution in [3.8, 4) is 0 Å². The van der Waals surface area contributed by atoms with E-state index in [1.54, 1.807) is 0 Å². The van der Waals surface area contributed by atoms with Crippen LogP contribution in [0.3, 0.4) is 0 Å². The van der Waals surface area contributed by atoms with Crippen molar-refractivity contribution in [2.24, 2.45) is 0 Å². The molecule has 11 heavy (non-hydrogen) atoms. The maximum Gasteiger partial charge on any atom is 0.0590 e. The lowest BCUT2D eigenvalue weighted by Crippen LogP contribution is -2.30. The van der Waals surface area contributed by atoms with Crippen LogP contribution in [-0.4, -0.2) is 25.8 Å². The molecular weight excluding hydrogens is 138 g/mol. The van der Waals surface area contributed by atoms with Gasteiger partial charge in [-0.05, 0) is 19.8 Å². The Kier molecular flexibility index (Phi) is 7.96. The highest BCUT2D eigenvalue weighted by Crippen LogP contribution is 1.94. The van der Waals surface area contributed by atoms with Gasteiger partial charge in [0.2, 0.25) is 0 Å². The van der Waals surface area contributed by atoms with E-state index in [9.17, 15) is 0 Å². The van der Waals surface area contributed by atoms with E-state index >= 15 is 0 Å². The van der Waals surface area contributed by atoms with E-state index < -0.39 is 0 Å². The number of nitrogens with one attached hydrogen (secondary N) is 1. The fourth-order valence-corrected chi connectivity index (χ4v) is 1.06. The quantitative estimate of drug-likeness (QED) is 0.572. The first kappa shape index (κ1) is 10.9. The largest absolute Gasteiger partial charge is 0.380 e. The van der Waals surface area contributed by atoms with Crippen molar-refractivity contribution in [3.63, 3.8) is 0 Å². The van der Waals surface area contributed by atoms with Gasteiger partial charge in [0.25, 0.3) is 0 Å². The highest BCUT2D eigenvalue weighted by Gasteiger charge is 1.99. The second-order valence-electron chi connectivity index (χ2n) is 2.66. The van der Waals surface area contributed by atoms with Crippen molar-refractivity contribution in [2.75, 3.05) is 19.8 Å². The second kappa shape index (κ2) is 8.02. The molecule has 68 valence electrons. The molecular formula is C9H21NO. The maximum absolute atomic E-state index is 5.21. The molecule has 0 rings (SSSR count). The Morgan fingerprint density at radius 3 is 2.27 bits per heavy atom. The van der Waals surface area contributed by atoms with Crippen molar-refractivity contribution in [2.45, 2.75) is 39.7 Å². The Morgan fingerprint density at radius 1 is 1.18 bits per heavy atom. The van der Waals surface area contributed by atoms with Gasteiger partial charge in [-0.25, -0.2) is 0 Å². The number of hydrogen-bond donors (Lipinski definition) is 1. The van der Waals surface area contributed by atoms with E-state index in [0.717, 1.165) is 19.8 Å². The number of ether oxygens (including phenoxy) is 1. The summed E-state index contributed by atoms with van der Waals surface area (Å²) in [6.45, 7) is 9.10. The fraction of sp³-hybridized carbons (Fsp3) is 1.00. The molecule has 0 aromatic carbocycles. The minimum Gasteiger partial charge on any atom is -0.380 e. The molecule has 0 aliphatic rings. The fourth-order valence-electron chi connectivity index (χ4n) is 1.06. The van der Waals surface area contributed by atoms with Gasteiger partial charge in [0.1, 0.15) is 0 Å². The van der Waals surface area contributed by atoms with Gasteiger partial charge >= 0.3 is 0 Å². The average molecular weight is 159 g/mol. The summed E-state index contributed by atoms with van der Waals surface area (Å²) in [5.74, 6) is 0. The lowest BCUT2D eigenvalue weighted by atomic mass is 10.2. The molecule has 0 saturated heterocycles. The van der Waals surface area contributed by atoms with E-state index in [4.69, 9.17) is 4.74 Å². The zero-order chi connectivity index (χ0) is 8.53. The summed E-state index contributed by atoms with van der Waals surface area (Å²) in [6, 6.07) is 0.676. The Labute approximate surface area is 70.3 Å². The summed E-state index contributed by atoms with van der Waals surface area (Å²) in [6.07, 6.45) is 2.42. The van der Waals surface area contributed by atoms with Crippen LogP contribution in [-0.2, 0) is 4.74 Å². The molecule has 0 aromatic heterocycles. The van der Waals surface area contributed by atoms with E-state index in [1.807, 2.05) is 6.92 Å². The lowest BCUT2D eigenvalue weighted by molar-refractivity contribution is 0.146. The third-order valence-corrected chi connectivity index (χ3v) is 1.87. The van der Waals surface area contributed by atoms with Crippen molar-refractivity contribution < 1.29 is 4.74 Å². The smallest absolute Gasteiger partial charge is 0.0590 e. The first-order valence-corrected chi connectivity index (χ1v) is 4.66. The van der Waals surface area contributed by atoms with Crippen LogP contribution >= 0.6 is 0 Å². The minimum absolute atomic E-state index is 0.676. The van der Waals surface area contributed by atoms with Crippen molar-refractivity contribution >= 4 is 0 Å². The van der Waals surface area contributed by atoms with Crippen LogP contribution in [0, 0.1) is 0 Å². The van der Waals surface area contributed by atoms with E-state index in [0.29, 0.717) is 6.04 Å². The van der Waals surface area contributed by atoms with Gasteiger partial charge < -0.3 is 10.1 Å².